The van der Waals surface area contributed by atoms with Crippen molar-refractivity contribution in [3.05, 3.63) is 34.9 Å². The van der Waals surface area contributed by atoms with E-state index in [2.05, 4.69) is 10.6 Å². The van der Waals surface area contributed by atoms with Gasteiger partial charge < -0.3 is 21.1 Å². The zero-order valence-corrected chi connectivity index (χ0v) is 15.9. The first kappa shape index (κ1) is 21.3. The number of nitrogens with one attached hydrogen (secondary N) is 2. The maximum absolute atomic E-state index is 12.0. The summed E-state index contributed by atoms with van der Waals surface area (Å²) < 4.78 is 5.14. The third-order valence-electron chi connectivity index (χ3n) is 3.33. The van der Waals surface area contributed by atoms with Crippen molar-refractivity contribution in [2.24, 2.45) is 5.73 Å². The molecule has 0 aromatic heterocycles. The van der Waals surface area contributed by atoms with Gasteiger partial charge in [-0.05, 0) is 57.7 Å². The van der Waals surface area contributed by atoms with Crippen LogP contribution in [0.5, 0.6) is 0 Å². The Bertz CT molecular complexity index is 556. The van der Waals surface area contributed by atoms with Gasteiger partial charge in [-0.3, -0.25) is 4.79 Å². The number of rotatable bonds is 8. The second-order valence-corrected chi connectivity index (χ2v) is 7.31. The molecule has 1 aromatic rings. The fraction of sp³-hybridized carbons (Fsp3) is 0.556. The van der Waals surface area contributed by atoms with E-state index in [0.29, 0.717) is 24.5 Å². The van der Waals surface area contributed by atoms with Crippen LogP contribution in [-0.4, -0.2) is 30.2 Å². The molecule has 0 heterocycles. The van der Waals surface area contributed by atoms with Crippen LogP contribution in [0.3, 0.4) is 0 Å². The van der Waals surface area contributed by atoms with E-state index in [1.54, 1.807) is 12.1 Å². The molecular formula is C18H28ClN3O3. The molecule has 0 aliphatic heterocycles. The van der Waals surface area contributed by atoms with Crippen LogP contribution in [-0.2, 0) is 16.1 Å². The smallest absolute Gasteiger partial charge is 0.407 e. The minimum atomic E-state index is -0.561. The molecule has 0 aliphatic carbocycles. The first-order chi connectivity index (χ1) is 11.7. The number of benzene rings is 1. The SMILES string of the molecule is CC(C)(C)OC(=O)NCCCC[C@H](N)C(=O)NCc1ccc(Cl)cc1. The lowest BCUT2D eigenvalue weighted by Crippen LogP contribution is -2.40. The van der Waals surface area contributed by atoms with Crippen molar-refractivity contribution in [1.82, 2.24) is 10.6 Å². The molecule has 0 bridgehead atoms. The lowest BCUT2D eigenvalue weighted by atomic mass is 10.1. The van der Waals surface area contributed by atoms with Gasteiger partial charge in [-0.1, -0.05) is 23.7 Å². The molecule has 0 saturated heterocycles. The Labute approximate surface area is 154 Å². The molecule has 0 fully saturated rings. The van der Waals surface area contributed by atoms with Crippen LogP contribution >= 0.6 is 11.6 Å². The Hall–Kier alpha value is -1.79. The summed E-state index contributed by atoms with van der Waals surface area (Å²) in [6.45, 7) is 6.36. The molecule has 0 unspecified atom stereocenters. The highest BCUT2D eigenvalue weighted by Crippen LogP contribution is 2.09. The fourth-order valence-electron chi connectivity index (χ4n) is 2.05. The van der Waals surface area contributed by atoms with E-state index >= 15 is 0 Å². The van der Waals surface area contributed by atoms with Crippen molar-refractivity contribution >= 4 is 23.6 Å². The molecular weight excluding hydrogens is 342 g/mol. The Morgan fingerprint density at radius 2 is 1.80 bits per heavy atom. The largest absolute Gasteiger partial charge is 0.444 e. The van der Waals surface area contributed by atoms with Crippen molar-refractivity contribution < 1.29 is 14.3 Å². The van der Waals surface area contributed by atoms with E-state index in [0.717, 1.165) is 18.4 Å². The van der Waals surface area contributed by atoms with E-state index < -0.39 is 17.7 Å². The van der Waals surface area contributed by atoms with Gasteiger partial charge in [0.05, 0.1) is 6.04 Å². The predicted octanol–water partition coefficient (Wildman–Crippen LogP) is 2.98. The zero-order valence-electron chi connectivity index (χ0n) is 15.1. The van der Waals surface area contributed by atoms with Crippen molar-refractivity contribution in [3.8, 4) is 0 Å². The average molecular weight is 370 g/mol. The maximum Gasteiger partial charge on any atom is 0.407 e. The quantitative estimate of drug-likeness (QED) is 0.614. The van der Waals surface area contributed by atoms with E-state index in [9.17, 15) is 9.59 Å². The molecule has 25 heavy (non-hydrogen) atoms. The van der Waals surface area contributed by atoms with E-state index in [1.165, 1.54) is 0 Å². The van der Waals surface area contributed by atoms with Gasteiger partial charge in [-0.25, -0.2) is 4.79 Å². The Balaban J connectivity index is 2.14. The van der Waals surface area contributed by atoms with E-state index in [-0.39, 0.29) is 5.91 Å². The van der Waals surface area contributed by atoms with Gasteiger partial charge in [-0.2, -0.15) is 0 Å². The number of hydrogen-bond donors (Lipinski definition) is 3. The van der Waals surface area contributed by atoms with Crippen LogP contribution in [0.4, 0.5) is 4.79 Å². The maximum atomic E-state index is 12.0. The number of unbranched alkanes of at least 4 members (excludes halogenated alkanes) is 1. The topological polar surface area (TPSA) is 93.4 Å². The standard InChI is InChI=1S/C18H28ClN3O3/c1-18(2,3)25-17(24)21-11-5-4-6-15(20)16(23)22-12-13-7-9-14(19)10-8-13/h7-10,15H,4-6,11-12,20H2,1-3H3,(H,21,24)(H,22,23)/t15-/m0/s1. The summed E-state index contributed by atoms with van der Waals surface area (Å²) in [6.07, 6.45) is 1.60. The summed E-state index contributed by atoms with van der Waals surface area (Å²) in [4.78, 5) is 23.4. The average Bonchev–Trinajstić information content (AvgIpc) is 2.51. The second kappa shape index (κ2) is 10.3. The van der Waals surface area contributed by atoms with Gasteiger partial charge in [0, 0.05) is 18.1 Å². The summed E-state index contributed by atoms with van der Waals surface area (Å²) in [5.41, 5.74) is 6.34. The Morgan fingerprint density at radius 1 is 1.16 bits per heavy atom. The number of ether oxygens (including phenoxy) is 1. The first-order valence-corrected chi connectivity index (χ1v) is 8.80. The zero-order chi connectivity index (χ0) is 18.9. The molecule has 0 aliphatic rings. The van der Waals surface area contributed by atoms with Crippen LogP contribution in [0.25, 0.3) is 0 Å². The van der Waals surface area contributed by atoms with Gasteiger partial charge in [-0.15, -0.1) is 0 Å². The number of carbonyl (C=O) groups is 2. The van der Waals surface area contributed by atoms with Crippen LogP contribution < -0.4 is 16.4 Å². The molecule has 2 amide bonds. The highest BCUT2D eigenvalue weighted by molar-refractivity contribution is 6.30. The van der Waals surface area contributed by atoms with Gasteiger partial charge in [0.15, 0.2) is 0 Å². The number of hydrogen-bond acceptors (Lipinski definition) is 4. The summed E-state index contributed by atoms with van der Waals surface area (Å²) in [6, 6.07) is 6.71. The van der Waals surface area contributed by atoms with Crippen molar-refractivity contribution in [2.75, 3.05) is 6.54 Å². The summed E-state index contributed by atoms with van der Waals surface area (Å²) in [5.74, 6) is -0.185. The lowest BCUT2D eigenvalue weighted by molar-refractivity contribution is -0.122. The minimum absolute atomic E-state index is 0.185. The molecule has 1 aromatic carbocycles. The van der Waals surface area contributed by atoms with Crippen molar-refractivity contribution in [3.63, 3.8) is 0 Å². The summed E-state index contributed by atoms with van der Waals surface area (Å²) in [5, 5.41) is 6.15. The van der Waals surface area contributed by atoms with E-state index in [4.69, 9.17) is 22.1 Å². The van der Waals surface area contributed by atoms with E-state index in [1.807, 2.05) is 32.9 Å². The molecule has 0 radical (unpaired) electrons. The summed E-state index contributed by atoms with van der Waals surface area (Å²) in [7, 11) is 0. The van der Waals surface area contributed by atoms with Crippen molar-refractivity contribution in [2.45, 2.75) is 58.2 Å². The van der Waals surface area contributed by atoms with Crippen molar-refractivity contribution in [1.29, 1.82) is 0 Å². The highest BCUT2D eigenvalue weighted by atomic mass is 35.5. The second-order valence-electron chi connectivity index (χ2n) is 6.88. The molecule has 1 atom stereocenters. The molecule has 0 saturated carbocycles. The third-order valence-corrected chi connectivity index (χ3v) is 3.58. The lowest BCUT2D eigenvalue weighted by Gasteiger charge is -2.19. The van der Waals surface area contributed by atoms with Crippen LogP contribution in [0.2, 0.25) is 5.02 Å². The van der Waals surface area contributed by atoms with Gasteiger partial charge >= 0.3 is 6.09 Å². The number of alkyl carbamates (subject to hydrolysis) is 1. The molecule has 140 valence electrons. The fourth-order valence-corrected chi connectivity index (χ4v) is 2.17. The summed E-state index contributed by atoms with van der Waals surface area (Å²) >= 11 is 5.82. The third kappa shape index (κ3) is 9.94. The van der Waals surface area contributed by atoms with Gasteiger partial charge in [0.25, 0.3) is 0 Å². The highest BCUT2D eigenvalue weighted by Gasteiger charge is 2.16. The van der Waals surface area contributed by atoms with Crippen LogP contribution in [0, 0.1) is 0 Å². The molecule has 4 N–H and O–H groups in total. The van der Waals surface area contributed by atoms with Crippen LogP contribution in [0.15, 0.2) is 24.3 Å². The number of carbonyl (C=O) groups excluding carboxylic acids is 2. The molecule has 6 nitrogen and oxygen atoms in total. The molecule has 7 heteroatoms. The van der Waals surface area contributed by atoms with Gasteiger partial charge in [0.1, 0.15) is 5.60 Å². The minimum Gasteiger partial charge on any atom is -0.444 e. The molecule has 1 rings (SSSR count). The van der Waals surface area contributed by atoms with Gasteiger partial charge in [0.2, 0.25) is 5.91 Å². The predicted molar refractivity (Wildman–Crippen MR) is 99.4 cm³/mol. The first-order valence-electron chi connectivity index (χ1n) is 8.42. The number of nitrogens with two attached hydrogens (primary N) is 1. The number of halogens is 1. The molecule has 0 spiro atoms. The normalized spacial score (nSPS) is 12.4. The van der Waals surface area contributed by atoms with Crippen LogP contribution in [0.1, 0.15) is 45.6 Å². The Kier molecular flexibility index (Phi) is 8.72. The monoisotopic (exact) mass is 369 g/mol. The number of amides is 2. The Morgan fingerprint density at radius 3 is 2.40 bits per heavy atom.